The number of nitrogens with zero attached hydrogens (tertiary/aromatic N) is 1. The van der Waals surface area contributed by atoms with Crippen LogP contribution in [0.15, 0.2) is 42.5 Å². The van der Waals surface area contributed by atoms with Gasteiger partial charge in [-0.25, -0.2) is 0 Å². The molecule has 0 amide bonds. The maximum Gasteiger partial charge on any atom is 0.269 e. The average molecular weight is 284 g/mol. The molecule has 2 N–H and O–H groups in total. The van der Waals surface area contributed by atoms with Gasteiger partial charge >= 0.3 is 0 Å². The Kier molecular flexibility index (Phi) is 3.58. The van der Waals surface area contributed by atoms with Gasteiger partial charge in [-0.3, -0.25) is 10.1 Å². The van der Waals surface area contributed by atoms with Crippen LogP contribution in [0.2, 0.25) is 0 Å². The highest BCUT2D eigenvalue weighted by Gasteiger charge is 2.22. The van der Waals surface area contributed by atoms with Gasteiger partial charge in [0.1, 0.15) is 12.4 Å². The van der Waals surface area contributed by atoms with Gasteiger partial charge in [-0.2, -0.15) is 0 Å². The summed E-state index contributed by atoms with van der Waals surface area (Å²) in [5.41, 5.74) is 9.21. The highest BCUT2D eigenvalue weighted by Crippen LogP contribution is 2.35. The maximum atomic E-state index is 10.8. The van der Waals surface area contributed by atoms with Crippen molar-refractivity contribution in [1.82, 2.24) is 0 Å². The standard InChI is InChI=1S/C16H16N2O3/c17-15-8-7-14-13(15)5-2-6-16(14)21-10-11-3-1-4-12(9-11)18(19)20/h1-6,9,15H,7-8,10,17H2. The fourth-order valence-corrected chi connectivity index (χ4v) is 2.71. The third-order valence-corrected chi connectivity index (χ3v) is 3.79. The first-order valence-corrected chi connectivity index (χ1v) is 6.88. The number of nitrogens with two attached hydrogens (primary N) is 1. The predicted octanol–water partition coefficient (Wildman–Crippen LogP) is 3.12. The first kappa shape index (κ1) is 13.6. The molecule has 0 radical (unpaired) electrons. The second-order valence-electron chi connectivity index (χ2n) is 5.18. The minimum absolute atomic E-state index is 0.0800. The summed E-state index contributed by atoms with van der Waals surface area (Å²) in [6.07, 6.45) is 1.86. The second-order valence-corrected chi connectivity index (χ2v) is 5.18. The van der Waals surface area contributed by atoms with Gasteiger partial charge in [0.15, 0.2) is 0 Å². The van der Waals surface area contributed by atoms with Gasteiger partial charge in [0.05, 0.1) is 4.92 Å². The molecule has 0 spiro atoms. The van der Waals surface area contributed by atoms with Crippen molar-refractivity contribution < 1.29 is 9.66 Å². The summed E-state index contributed by atoms with van der Waals surface area (Å²) in [7, 11) is 0. The van der Waals surface area contributed by atoms with Crippen LogP contribution in [-0.4, -0.2) is 4.92 Å². The van der Waals surface area contributed by atoms with Crippen LogP contribution in [-0.2, 0) is 13.0 Å². The summed E-state index contributed by atoms with van der Waals surface area (Å²) in [5, 5.41) is 10.8. The van der Waals surface area contributed by atoms with E-state index in [9.17, 15) is 10.1 Å². The molecule has 21 heavy (non-hydrogen) atoms. The zero-order valence-electron chi connectivity index (χ0n) is 11.5. The third kappa shape index (κ3) is 2.73. The molecule has 108 valence electrons. The molecule has 0 saturated heterocycles. The van der Waals surface area contributed by atoms with Gasteiger partial charge in [-0.05, 0) is 35.6 Å². The van der Waals surface area contributed by atoms with E-state index in [2.05, 4.69) is 0 Å². The Bertz CT molecular complexity index is 685. The molecule has 0 heterocycles. The number of nitro groups is 1. The fraction of sp³-hybridized carbons (Fsp3) is 0.250. The molecule has 3 rings (SSSR count). The van der Waals surface area contributed by atoms with Crippen LogP contribution >= 0.6 is 0 Å². The molecule has 0 fully saturated rings. The molecule has 1 aliphatic carbocycles. The highest BCUT2D eigenvalue weighted by atomic mass is 16.6. The van der Waals surface area contributed by atoms with E-state index < -0.39 is 4.92 Å². The smallest absolute Gasteiger partial charge is 0.269 e. The molecular weight excluding hydrogens is 268 g/mol. The topological polar surface area (TPSA) is 78.4 Å². The van der Waals surface area contributed by atoms with Crippen LogP contribution in [0.5, 0.6) is 5.75 Å². The third-order valence-electron chi connectivity index (χ3n) is 3.79. The van der Waals surface area contributed by atoms with Crippen LogP contribution in [0.1, 0.15) is 29.2 Å². The van der Waals surface area contributed by atoms with Crippen molar-refractivity contribution in [3.05, 3.63) is 69.3 Å². The quantitative estimate of drug-likeness (QED) is 0.691. The van der Waals surface area contributed by atoms with Gasteiger partial charge in [0.25, 0.3) is 5.69 Å². The summed E-state index contributed by atoms with van der Waals surface area (Å²) < 4.78 is 5.84. The Morgan fingerprint density at radius 3 is 2.90 bits per heavy atom. The summed E-state index contributed by atoms with van der Waals surface area (Å²) in [4.78, 5) is 10.4. The number of ether oxygens (including phenoxy) is 1. The fourth-order valence-electron chi connectivity index (χ4n) is 2.71. The van der Waals surface area contributed by atoms with Crippen molar-refractivity contribution in [3.63, 3.8) is 0 Å². The Morgan fingerprint density at radius 2 is 2.10 bits per heavy atom. The molecule has 2 aromatic carbocycles. The molecule has 5 heteroatoms. The molecular formula is C16H16N2O3. The Labute approximate surface area is 122 Å². The van der Waals surface area contributed by atoms with E-state index in [1.807, 2.05) is 24.3 Å². The number of benzene rings is 2. The van der Waals surface area contributed by atoms with E-state index >= 15 is 0 Å². The molecule has 0 aromatic heterocycles. The van der Waals surface area contributed by atoms with Crippen molar-refractivity contribution in [2.45, 2.75) is 25.5 Å². The number of nitro benzene ring substituents is 1. The molecule has 1 atom stereocenters. The van der Waals surface area contributed by atoms with Gasteiger partial charge in [-0.1, -0.05) is 24.3 Å². The number of fused-ring (bicyclic) bond motifs is 1. The number of hydrogen-bond acceptors (Lipinski definition) is 4. The van der Waals surface area contributed by atoms with Crippen molar-refractivity contribution in [1.29, 1.82) is 0 Å². The van der Waals surface area contributed by atoms with Crippen molar-refractivity contribution in [3.8, 4) is 5.75 Å². The van der Waals surface area contributed by atoms with Crippen LogP contribution in [0.4, 0.5) is 5.69 Å². The highest BCUT2D eigenvalue weighted by molar-refractivity contribution is 5.45. The van der Waals surface area contributed by atoms with Crippen molar-refractivity contribution >= 4 is 5.69 Å². The molecule has 1 unspecified atom stereocenters. The average Bonchev–Trinajstić information content (AvgIpc) is 2.88. The van der Waals surface area contributed by atoms with Gasteiger partial charge in [-0.15, -0.1) is 0 Å². The van der Waals surface area contributed by atoms with E-state index in [4.69, 9.17) is 10.5 Å². The summed E-state index contributed by atoms with van der Waals surface area (Å²) in [5.74, 6) is 0.826. The van der Waals surface area contributed by atoms with E-state index in [0.29, 0.717) is 6.61 Å². The largest absolute Gasteiger partial charge is 0.489 e. The number of hydrogen-bond donors (Lipinski definition) is 1. The normalized spacial score (nSPS) is 16.5. The Balaban J connectivity index is 1.77. The lowest BCUT2D eigenvalue weighted by Crippen LogP contribution is -2.05. The number of non-ortho nitro benzene ring substituents is 1. The minimum atomic E-state index is -0.400. The van der Waals surface area contributed by atoms with E-state index in [1.165, 1.54) is 12.1 Å². The molecule has 1 aliphatic rings. The summed E-state index contributed by atoms with van der Waals surface area (Å²) >= 11 is 0. The first-order valence-electron chi connectivity index (χ1n) is 6.88. The SMILES string of the molecule is NC1CCc2c(OCc3cccc([N+](=O)[O-])c3)cccc21. The summed E-state index contributed by atoms with van der Waals surface area (Å²) in [6, 6.07) is 12.5. The Hall–Kier alpha value is -2.40. The molecule has 5 nitrogen and oxygen atoms in total. The first-order chi connectivity index (χ1) is 10.1. The zero-order chi connectivity index (χ0) is 14.8. The monoisotopic (exact) mass is 284 g/mol. The van der Waals surface area contributed by atoms with Crippen LogP contribution in [0, 0.1) is 10.1 Å². The lowest BCUT2D eigenvalue weighted by Gasteiger charge is -2.11. The van der Waals surface area contributed by atoms with E-state index in [1.54, 1.807) is 6.07 Å². The second kappa shape index (κ2) is 5.54. The van der Waals surface area contributed by atoms with Gasteiger partial charge < -0.3 is 10.5 Å². The maximum absolute atomic E-state index is 10.8. The summed E-state index contributed by atoms with van der Waals surface area (Å²) in [6.45, 7) is 0.313. The lowest BCUT2D eigenvalue weighted by atomic mass is 10.1. The molecule has 0 aliphatic heterocycles. The van der Waals surface area contributed by atoms with Gasteiger partial charge in [0.2, 0.25) is 0 Å². The van der Waals surface area contributed by atoms with Crippen LogP contribution in [0.25, 0.3) is 0 Å². The van der Waals surface area contributed by atoms with Crippen molar-refractivity contribution in [2.75, 3.05) is 0 Å². The van der Waals surface area contributed by atoms with Gasteiger partial charge in [0, 0.05) is 18.2 Å². The predicted molar refractivity (Wildman–Crippen MR) is 79.1 cm³/mol. The molecule has 0 bridgehead atoms. The Morgan fingerprint density at radius 1 is 1.29 bits per heavy atom. The minimum Gasteiger partial charge on any atom is -0.489 e. The van der Waals surface area contributed by atoms with E-state index in [0.717, 1.165) is 35.3 Å². The number of rotatable bonds is 4. The lowest BCUT2D eigenvalue weighted by molar-refractivity contribution is -0.384. The zero-order valence-corrected chi connectivity index (χ0v) is 11.5. The van der Waals surface area contributed by atoms with Crippen LogP contribution in [0.3, 0.4) is 0 Å². The van der Waals surface area contributed by atoms with E-state index in [-0.39, 0.29) is 11.7 Å². The van der Waals surface area contributed by atoms with Crippen LogP contribution < -0.4 is 10.5 Å². The van der Waals surface area contributed by atoms with Crippen molar-refractivity contribution in [2.24, 2.45) is 5.73 Å². The molecule has 0 saturated carbocycles. The molecule has 2 aromatic rings.